The molecule has 1 aliphatic heterocycles. The summed E-state index contributed by atoms with van der Waals surface area (Å²) in [5.41, 5.74) is 4.75. The van der Waals surface area contributed by atoms with E-state index < -0.39 is 12.3 Å². The summed E-state index contributed by atoms with van der Waals surface area (Å²) in [7, 11) is 0. The normalized spacial score (nSPS) is 20.7. The number of nitrogens with zero attached hydrogens (tertiary/aromatic N) is 1. The second-order valence-corrected chi connectivity index (χ2v) is 4.29. The van der Waals surface area contributed by atoms with Crippen molar-refractivity contribution in [2.75, 3.05) is 0 Å². The van der Waals surface area contributed by atoms with Crippen molar-refractivity contribution in [2.24, 2.45) is 11.1 Å². The van der Waals surface area contributed by atoms with Crippen LogP contribution in [-0.4, -0.2) is 17.4 Å². The number of hydroxylamine groups is 2. The molecule has 0 saturated carbocycles. The molecule has 1 rings (SSSR count). The van der Waals surface area contributed by atoms with E-state index in [0.717, 1.165) is 0 Å². The third-order valence-electron chi connectivity index (χ3n) is 1.80. The zero-order valence-corrected chi connectivity index (χ0v) is 9.14. The number of nitrogens with two attached hydrogens (primary N) is 1. The topological polar surface area (TPSA) is 64.8 Å². The lowest BCUT2D eigenvalue weighted by Gasteiger charge is -2.35. The van der Waals surface area contributed by atoms with Gasteiger partial charge in [0.25, 0.3) is 0 Å². The van der Waals surface area contributed by atoms with Crippen LogP contribution < -0.4 is 5.73 Å². The zero-order valence-electron chi connectivity index (χ0n) is 9.14. The summed E-state index contributed by atoms with van der Waals surface area (Å²) >= 11 is 0. The standard InChI is InChI=1S/C10H16N2O3/c1-10(2,3)8-12(15-9(11)13)6-4-5-7-14-8/h4-8H,1-3H3,(H2,11,13). The third kappa shape index (κ3) is 3.19. The molecule has 1 amide bonds. The van der Waals surface area contributed by atoms with E-state index in [-0.39, 0.29) is 5.41 Å². The molecule has 0 radical (unpaired) electrons. The molecule has 0 bridgehead atoms. The minimum Gasteiger partial charge on any atom is -0.474 e. The van der Waals surface area contributed by atoms with Gasteiger partial charge in [0.1, 0.15) is 0 Å². The number of primary amides is 1. The Balaban J connectivity index is 2.83. The maximum absolute atomic E-state index is 10.7. The molecule has 1 atom stereocenters. The Morgan fingerprint density at radius 2 is 2.13 bits per heavy atom. The first kappa shape index (κ1) is 11.4. The lowest BCUT2D eigenvalue weighted by atomic mass is 9.94. The minimum absolute atomic E-state index is 0.214. The van der Waals surface area contributed by atoms with Crippen LogP contribution in [0.25, 0.3) is 0 Å². The van der Waals surface area contributed by atoms with Crippen molar-refractivity contribution in [3.05, 3.63) is 24.6 Å². The number of carbonyl (C=O) groups excluding carboxylic acids is 1. The molecule has 0 fully saturated rings. The molecule has 1 unspecified atom stereocenters. The van der Waals surface area contributed by atoms with E-state index in [9.17, 15) is 4.79 Å². The Morgan fingerprint density at radius 1 is 1.47 bits per heavy atom. The van der Waals surface area contributed by atoms with Gasteiger partial charge in [0.05, 0.1) is 6.26 Å². The summed E-state index contributed by atoms with van der Waals surface area (Å²) in [6, 6.07) is 0. The third-order valence-corrected chi connectivity index (χ3v) is 1.80. The van der Waals surface area contributed by atoms with Crippen molar-refractivity contribution in [3.63, 3.8) is 0 Å². The number of amides is 1. The Hall–Kier alpha value is -1.65. The van der Waals surface area contributed by atoms with Gasteiger partial charge in [0.2, 0.25) is 6.23 Å². The molecule has 0 aromatic heterocycles. The van der Waals surface area contributed by atoms with Gasteiger partial charge in [-0.1, -0.05) is 20.8 Å². The Morgan fingerprint density at radius 3 is 2.67 bits per heavy atom. The van der Waals surface area contributed by atoms with E-state index in [4.69, 9.17) is 15.3 Å². The highest BCUT2D eigenvalue weighted by atomic mass is 16.7. The summed E-state index contributed by atoms with van der Waals surface area (Å²) in [6.07, 6.45) is 5.30. The second-order valence-electron chi connectivity index (χ2n) is 4.29. The van der Waals surface area contributed by atoms with Crippen molar-refractivity contribution < 1.29 is 14.4 Å². The van der Waals surface area contributed by atoms with Gasteiger partial charge in [-0.25, -0.2) is 4.79 Å². The smallest absolute Gasteiger partial charge is 0.429 e. The molecule has 1 aliphatic rings. The molecule has 1 heterocycles. The number of hydrogen-bond donors (Lipinski definition) is 1. The highest BCUT2D eigenvalue weighted by molar-refractivity contribution is 5.64. The molecule has 5 heteroatoms. The molecule has 0 aromatic rings. The SMILES string of the molecule is CC(C)(C)C1OC=CC=CN1OC(N)=O. The van der Waals surface area contributed by atoms with Gasteiger partial charge in [-0.3, -0.25) is 0 Å². The second kappa shape index (κ2) is 4.25. The first-order valence-electron chi connectivity index (χ1n) is 4.66. The lowest BCUT2D eigenvalue weighted by Crippen LogP contribution is -2.43. The van der Waals surface area contributed by atoms with Gasteiger partial charge in [-0.2, -0.15) is 5.06 Å². The number of allylic oxidation sites excluding steroid dienone is 2. The van der Waals surface area contributed by atoms with Gasteiger partial charge in [-0.05, 0) is 12.2 Å². The fraction of sp³-hybridized carbons (Fsp3) is 0.500. The van der Waals surface area contributed by atoms with Crippen molar-refractivity contribution in [2.45, 2.75) is 27.0 Å². The van der Waals surface area contributed by atoms with Gasteiger partial charge >= 0.3 is 6.09 Å². The number of carbonyl (C=O) groups is 1. The van der Waals surface area contributed by atoms with E-state index in [1.54, 1.807) is 24.6 Å². The van der Waals surface area contributed by atoms with Crippen molar-refractivity contribution in [1.29, 1.82) is 0 Å². The van der Waals surface area contributed by atoms with E-state index in [2.05, 4.69) is 0 Å². The molecule has 0 saturated heterocycles. The predicted octanol–water partition coefficient (Wildman–Crippen LogP) is 1.73. The fourth-order valence-corrected chi connectivity index (χ4v) is 1.21. The maximum atomic E-state index is 10.7. The van der Waals surface area contributed by atoms with E-state index in [1.165, 1.54) is 5.06 Å². The van der Waals surface area contributed by atoms with Crippen molar-refractivity contribution >= 4 is 6.09 Å². The van der Waals surface area contributed by atoms with Crippen LogP contribution in [-0.2, 0) is 9.57 Å². The molecule has 2 N–H and O–H groups in total. The van der Waals surface area contributed by atoms with Gasteiger partial charge in [0, 0.05) is 11.6 Å². The van der Waals surface area contributed by atoms with Crippen LogP contribution in [0.4, 0.5) is 4.79 Å². The molecule has 15 heavy (non-hydrogen) atoms. The molecule has 0 aliphatic carbocycles. The highest BCUT2D eigenvalue weighted by Gasteiger charge is 2.32. The first-order chi connectivity index (χ1) is 6.91. The average Bonchev–Trinajstić information content (AvgIpc) is 2.27. The van der Waals surface area contributed by atoms with Gasteiger partial charge in [0.15, 0.2) is 0 Å². The predicted molar refractivity (Wildman–Crippen MR) is 55.1 cm³/mol. The van der Waals surface area contributed by atoms with Crippen LogP contribution in [0, 0.1) is 5.41 Å². The molecule has 84 valence electrons. The quantitative estimate of drug-likeness (QED) is 0.718. The molecule has 5 nitrogen and oxygen atoms in total. The zero-order chi connectivity index (χ0) is 11.5. The van der Waals surface area contributed by atoms with Gasteiger partial charge in [-0.15, -0.1) is 0 Å². The summed E-state index contributed by atoms with van der Waals surface area (Å²) in [5, 5.41) is 1.31. The first-order valence-corrected chi connectivity index (χ1v) is 4.66. The summed E-state index contributed by atoms with van der Waals surface area (Å²) in [5.74, 6) is 0. The molecular formula is C10H16N2O3. The summed E-state index contributed by atoms with van der Waals surface area (Å²) in [4.78, 5) is 15.5. The fourth-order valence-electron chi connectivity index (χ4n) is 1.21. The summed E-state index contributed by atoms with van der Waals surface area (Å²) < 4.78 is 5.43. The largest absolute Gasteiger partial charge is 0.474 e. The van der Waals surface area contributed by atoms with Crippen LogP contribution in [0.2, 0.25) is 0 Å². The van der Waals surface area contributed by atoms with Gasteiger partial charge < -0.3 is 15.3 Å². The Bertz CT molecular complexity index is 292. The number of ether oxygens (including phenoxy) is 1. The number of rotatable bonds is 1. The van der Waals surface area contributed by atoms with E-state index >= 15 is 0 Å². The maximum Gasteiger partial charge on any atom is 0.429 e. The molecule has 0 spiro atoms. The molecular weight excluding hydrogens is 196 g/mol. The van der Waals surface area contributed by atoms with Crippen LogP contribution in [0.15, 0.2) is 24.6 Å². The summed E-state index contributed by atoms with van der Waals surface area (Å²) in [6.45, 7) is 5.92. The van der Waals surface area contributed by atoms with E-state index in [1.807, 2.05) is 20.8 Å². The minimum atomic E-state index is -0.862. The van der Waals surface area contributed by atoms with Crippen molar-refractivity contribution in [3.8, 4) is 0 Å². The Kier molecular flexibility index (Phi) is 3.24. The van der Waals surface area contributed by atoms with E-state index in [0.29, 0.717) is 0 Å². The average molecular weight is 212 g/mol. The Labute approximate surface area is 89.1 Å². The molecule has 0 aromatic carbocycles. The highest BCUT2D eigenvalue weighted by Crippen LogP contribution is 2.27. The van der Waals surface area contributed by atoms with Crippen LogP contribution in [0.3, 0.4) is 0 Å². The van der Waals surface area contributed by atoms with Crippen LogP contribution in [0.5, 0.6) is 0 Å². The number of hydrogen-bond acceptors (Lipinski definition) is 4. The van der Waals surface area contributed by atoms with Crippen molar-refractivity contribution in [1.82, 2.24) is 5.06 Å². The van der Waals surface area contributed by atoms with Crippen LogP contribution >= 0.6 is 0 Å². The lowest BCUT2D eigenvalue weighted by molar-refractivity contribution is -0.196. The van der Waals surface area contributed by atoms with Crippen LogP contribution in [0.1, 0.15) is 20.8 Å². The monoisotopic (exact) mass is 212 g/mol.